The van der Waals surface area contributed by atoms with Crippen LogP contribution in [0.3, 0.4) is 0 Å². The van der Waals surface area contributed by atoms with Gasteiger partial charge in [-0.3, -0.25) is 19.8 Å². The Balaban J connectivity index is 1.54. The lowest BCUT2D eigenvalue weighted by Crippen LogP contribution is -2.37. The van der Waals surface area contributed by atoms with Gasteiger partial charge < -0.3 is 5.32 Å². The molecule has 7 heteroatoms. The number of hydrogen-bond donors (Lipinski definition) is 2. The number of nitrogens with zero attached hydrogens (tertiary/aromatic N) is 3. The lowest BCUT2D eigenvalue weighted by Gasteiger charge is -2.21. The zero-order chi connectivity index (χ0) is 18.6. The van der Waals surface area contributed by atoms with E-state index in [-0.39, 0.29) is 11.8 Å². The zero-order valence-corrected chi connectivity index (χ0v) is 15.5. The van der Waals surface area contributed by atoms with Gasteiger partial charge in [0.2, 0.25) is 5.91 Å². The van der Waals surface area contributed by atoms with Crippen LogP contribution in [0.2, 0.25) is 5.02 Å². The zero-order valence-electron chi connectivity index (χ0n) is 14.7. The van der Waals surface area contributed by atoms with Gasteiger partial charge in [-0.1, -0.05) is 23.7 Å². The molecule has 1 amide bonds. The highest BCUT2D eigenvalue weighted by Crippen LogP contribution is 2.24. The van der Waals surface area contributed by atoms with Crippen molar-refractivity contribution in [1.29, 1.82) is 0 Å². The van der Waals surface area contributed by atoms with Crippen LogP contribution in [0.1, 0.15) is 5.56 Å². The second kappa shape index (κ2) is 7.90. The summed E-state index contributed by atoms with van der Waals surface area (Å²) in [5.41, 5.74) is 2.95. The third kappa shape index (κ3) is 4.02. The molecule has 1 unspecified atom stereocenters. The number of H-pyrrole nitrogens is 1. The molecular formula is C20H20ClN5O. The molecule has 138 valence electrons. The summed E-state index contributed by atoms with van der Waals surface area (Å²) >= 11 is 5.96. The van der Waals surface area contributed by atoms with Crippen LogP contribution in [-0.4, -0.2) is 40.7 Å². The minimum absolute atomic E-state index is 0.0859. The van der Waals surface area contributed by atoms with Crippen LogP contribution >= 0.6 is 11.6 Å². The quantitative estimate of drug-likeness (QED) is 0.728. The van der Waals surface area contributed by atoms with Gasteiger partial charge in [0.15, 0.2) is 5.82 Å². The number of amides is 1. The van der Waals surface area contributed by atoms with Crippen LogP contribution < -0.4 is 10.2 Å². The molecule has 2 aromatic heterocycles. The van der Waals surface area contributed by atoms with E-state index in [9.17, 15) is 4.79 Å². The van der Waals surface area contributed by atoms with Crippen molar-refractivity contribution in [2.45, 2.75) is 6.42 Å². The summed E-state index contributed by atoms with van der Waals surface area (Å²) < 4.78 is 0. The van der Waals surface area contributed by atoms with Gasteiger partial charge >= 0.3 is 0 Å². The van der Waals surface area contributed by atoms with E-state index in [4.69, 9.17) is 11.6 Å². The third-order valence-corrected chi connectivity index (χ3v) is 5.00. The van der Waals surface area contributed by atoms with Crippen LogP contribution in [0.15, 0.2) is 54.9 Å². The Hall–Kier alpha value is -2.70. The van der Waals surface area contributed by atoms with E-state index >= 15 is 0 Å². The van der Waals surface area contributed by atoms with Crippen molar-refractivity contribution in [3.63, 3.8) is 0 Å². The van der Waals surface area contributed by atoms with Gasteiger partial charge in [-0.05, 0) is 36.2 Å². The molecule has 1 fully saturated rings. The summed E-state index contributed by atoms with van der Waals surface area (Å²) in [5, 5.41) is 11.5. The fraction of sp³-hybridized carbons (Fsp3) is 0.250. The van der Waals surface area contributed by atoms with Crippen molar-refractivity contribution in [3.05, 3.63) is 65.4 Å². The Morgan fingerprint density at radius 2 is 1.93 bits per heavy atom. The van der Waals surface area contributed by atoms with Crippen LogP contribution in [0, 0.1) is 5.92 Å². The van der Waals surface area contributed by atoms with Gasteiger partial charge in [-0.25, -0.2) is 0 Å². The van der Waals surface area contributed by atoms with E-state index < -0.39 is 0 Å². The number of aromatic nitrogens is 3. The number of pyridine rings is 1. The molecule has 1 saturated heterocycles. The van der Waals surface area contributed by atoms with Crippen LogP contribution in [0.4, 0.5) is 5.82 Å². The van der Waals surface area contributed by atoms with Crippen molar-refractivity contribution in [2.24, 2.45) is 5.92 Å². The highest BCUT2D eigenvalue weighted by molar-refractivity contribution is 6.30. The normalized spacial score (nSPS) is 17.7. The Labute approximate surface area is 162 Å². The molecule has 0 spiro atoms. The molecule has 0 bridgehead atoms. The summed E-state index contributed by atoms with van der Waals surface area (Å²) in [4.78, 5) is 19.0. The Morgan fingerprint density at radius 3 is 2.70 bits per heavy atom. The largest absolute Gasteiger partial charge is 0.314 e. The number of carbonyl (C=O) groups excluding carboxylic acids is 1. The van der Waals surface area contributed by atoms with E-state index in [1.54, 1.807) is 17.3 Å². The van der Waals surface area contributed by atoms with Gasteiger partial charge in [-0.2, -0.15) is 5.10 Å². The minimum atomic E-state index is -0.144. The first-order chi connectivity index (χ1) is 13.2. The average molecular weight is 382 g/mol. The Morgan fingerprint density at radius 1 is 1.15 bits per heavy atom. The van der Waals surface area contributed by atoms with Crippen LogP contribution in [-0.2, 0) is 11.2 Å². The second-order valence-corrected chi connectivity index (χ2v) is 7.03. The van der Waals surface area contributed by atoms with Crippen LogP contribution in [0.25, 0.3) is 11.3 Å². The van der Waals surface area contributed by atoms with Gasteiger partial charge in [0.1, 0.15) is 0 Å². The molecule has 1 aliphatic rings. The van der Waals surface area contributed by atoms with E-state index in [1.165, 1.54) is 0 Å². The third-order valence-electron chi connectivity index (χ3n) is 4.75. The van der Waals surface area contributed by atoms with Gasteiger partial charge in [0, 0.05) is 48.7 Å². The predicted octanol–water partition coefficient (Wildman–Crippen LogP) is 2.92. The first kappa shape index (κ1) is 17.7. The maximum atomic E-state index is 13.2. The molecule has 3 aromatic rings. The number of anilines is 1. The Bertz CT molecular complexity index is 910. The summed E-state index contributed by atoms with van der Waals surface area (Å²) in [6.45, 7) is 1.98. The summed E-state index contributed by atoms with van der Waals surface area (Å²) in [7, 11) is 0. The molecule has 0 saturated carbocycles. The minimum Gasteiger partial charge on any atom is -0.314 e. The number of rotatable bonds is 4. The summed E-state index contributed by atoms with van der Waals surface area (Å²) in [6, 6.07) is 13.4. The van der Waals surface area contributed by atoms with Crippen molar-refractivity contribution in [3.8, 4) is 11.3 Å². The van der Waals surface area contributed by atoms with E-state index in [1.807, 2.05) is 42.5 Å². The highest BCUT2D eigenvalue weighted by Gasteiger charge is 2.29. The van der Waals surface area contributed by atoms with Gasteiger partial charge in [0.05, 0.1) is 11.6 Å². The van der Waals surface area contributed by atoms with Gasteiger partial charge in [0.25, 0.3) is 0 Å². The topological polar surface area (TPSA) is 73.9 Å². The molecule has 1 aliphatic heterocycles. The first-order valence-electron chi connectivity index (χ1n) is 8.93. The molecule has 2 N–H and O–H groups in total. The smallest absolute Gasteiger partial charge is 0.232 e. The van der Waals surface area contributed by atoms with E-state index in [0.29, 0.717) is 30.4 Å². The summed E-state index contributed by atoms with van der Waals surface area (Å²) in [6.07, 6.45) is 4.14. The standard InChI is InChI=1S/C20H20ClN5O/c21-17-3-1-14(2-4-17)11-16-13-23-9-10-26(20(16)27)19-12-18(24-25-19)15-5-7-22-8-6-15/h1-8,12,16,23H,9-11,13H2,(H,24,25). The molecule has 1 aromatic carbocycles. The SMILES string of the molecule is O=C1C(Cc2ccc(Cl)cc2)CNCCN1c1cc(-c2ccncc2)[nH]n1. The molecule has 3 heterocycles. The molecular weight excluding hydrogens is 362 g/mol. The number of aromatic amines is 1. The predicted molar refractivity (Wildman–Crippen MR) is 106 cm³/mol. The van der Waals surface area contributed by atoms with Crippen molar-refractivity contribution in [1.82, 2.24) is 20.5 Å². The average Bonchev–Trinajstić information content (AvgIpc) is 3.11. The molecule has 0 aliphatic carbocycles. The van der Waals surface area contributed by atoms with Gasteiger partial charge in [-0.15, -0.1) is 0 Å². The molecule has 27 heavy (non-hydrogen) atoms. The maximum Gasteiger partial charge on any atom is 0.232 e. The number of benzene rings is 1. The Kier molecular flexibility index (Phi) is 5.18. The lowest BCUT2D eigenvalue weighted by molar-refractivity contribution is -0.121. The number of nitrogens with one attached hydrogen (secondary N) is 2. The first-order valence-corrected chi connectivity index (χ1v) is 9.31. The number of carbonyl (C=O) groups is 1. The highest BCUT2D eigenvalue weighted by atomic mass is 35.5. The van der Waals surface area contributed by atoms with E-state index in [2.05, 4.69) is 20.5 Å². The molecule has 1 atom stereocenters. The van der Waals surface area contributed by atoms with Crippen molar-refractivity contribution >= 4 is 23.3 Å². The maximum absolute atomic E-state index is 13.2. The summed E-state index contributed by atoms with van der Waals surface area (Å²) in [5.74, 6) is 0.592. The lowest BCUT2D eigenvalue weighted by atomic mass is 9.98. The molecule has 0 radical (unpaired) electrons. The van der Waals surface area contributed by atoms with Crippen molar-refractivity contribution < 1.29 is 4.79 Å². The van der Waals surface area contributed by atoms with E-state index in [0.717, 1.165) is 23.4 Å². The second-order valence-electron chi connectivity index (χ2n) is 6.60. The van der Waals surface area contributed by atoms with Crippen molar-refractivity contribution in [2.75, 3.05) is 24.5 Å². The monoisotopic (exact) mass is 381 g/mol. The molecule has 4 rings (SSSR count). The molecule has 6 nitrogen and oxygen atoms in total. The number of halogens is 1. The fourth-order valence-electron chi connectivity index (χ4n) is 3.31. The number of hydrogen-bond acceptors (Lipinski definition) is 4. The van der Waals surface area contributed by atoms with Crippen LogP contribution in [0.5, 0.6) is 0 Å². The fourth-order valence-corrected chi connectivity index (χ4v) is 3.43.